The maximum absolute atomic E-state index is 11.3. The van der Waals surface area contributed by atoms with Crippen LogP contribution in [0.3, 0.4) is 0 Å². The molecular weight excluding hydrogens is 240 g/mol. The Balaban J connectivity index is 1.81. The monoisotopic (exact) mass is 256 g/mol. The third kappa shape index (κ3) is 2.73. The number of thioether (sulfide) groups is 1. The predicted molar refractivity (Wildman–Crippen MR) is 64.8 cm³/mol. The lowest BCUT2D eigenvalue weighted by Gasteiger charge is -2.13. The third-order valence-electron chi connectivity index (χ3n) is 2.74. The second-order valence-corrected chi connectivity index (χ2v) is 4.88. The van der Waals surface area contributed by atoms with Gasteiger partial charge in [-0.2, -0.15) is 0 Å². The molecule has 0 unspecified atom stereocenters. The Bertz CT molecular complexity index is 407. The molecule has 94 valence electrons. The van der Waals surface area contributed by atoms with Crippen molar-refractivity contribution in [1.82, 2.24) is 19.8 Å². The van der Waals surface area contributed by atoms with E-state index in [1.807, 2.05) is 11.6 Å². The van der Waals surface area contributed by atoms with Gasteiger partial charge in [0.1, 0.15) is 0 Å². The lowest BCUT2D eigenvalue weighted by molar-refractivity contribution is 0.220. The number of amides is 2. The molecule has 0 aliphatic carbocycles. The first-order chi connectivity index (χ1) is 8.22. The van der Waals surface area contributed by atoms with Crippen LogP contribution in [0.4, 0.5) is 4.79 Å². The number of hydrogen-bond acceptors (Lipinski definition) is 4. The summed E-state index contributed by atoms with van der Waals surface area (Å²) in [5, 5.41) is 12.7. The maximum atomic E-state index is 11.3. The topological polar surface area (TPSA) is 70.4 Å². The molecule has 1 aromatic rings. The molecule has 7 heteroatoms. The largest absolute Gasteiger partial charge is 0.390 e. The molecule has 2 rings (SSSR count). The number of urea groups is 1. The van der Waals surface area contributed by atoms with Crippen LogP contribution in [-0.4, -0.2) is 51.0 Å². The number of aliphatic hydroxyl groups is 1. The summed E-state index contributed by atoms with van der Waals surface area (Å²) in [6, 6.07) is 0.0153. The quantitative estimate of drug-likeness (QED) is 0.729. The van der Waals surface area contributed by atoms with E-state index in [-0.39, 0.29) is 12.6 Å². The first-order valence-corrected chi connectivity index (χ1v) is 6.48. The fourth-order valence-corrected chi connectivity index (χ4v) is 2.61. The highest BCUT2D eigenvalue weighted by Crippen LogP contribution is 2.17. The minimum atomic E-state index is -0.00140. The van der Waals surface area contributed by atoms with Gasteiger partial charge < -0.3 is 19.9 Å². The van der Waals surface area contributed by atoms with E-state index in [0.29, 0.717) is 0 Å². The Morgan fingerprint density at radius 2 is 2.47 bits per heavy atom. The Morgan fingerprint density at radius 1 is 1.65 bits per heavy atom. The Morgan fingerprint density at radius 3 is 3.06 bits per heavy atom. The highest BCUT2D eigenvalue weighted by molar-refractivity contribution is 7.99. The molecule has 1 aromatic heterocycles. The van der Waals surface area contributed by atoms with Crippen molar-refractivity contribution in [3.8, 4) is 0 Å². The normalized spacial score (nSPS) is 15.4. The Hall–Kier alpha value is -1.21. The van der Waals surface area contributed by atoms with Crippen molar-refractivity contribution < 1.29 is 9.90 Å². The van der Waals surface area contributed by atoms with E-state index in [0.717, 1.165) is 36.2 Å². The maximum Gasteiger partial charge on any atom is 0.317 e. The molecule has 0 bridgehead atoms. The van der Waals surface area contributed by atoms with E-state index in [1.165, 1.54) is 0 Å². The number of nitrogens with zero attached hydrogens (tertiary/aromatic N) is 3. The molecule has 6 nitrogen and oxygen atoms in total. The number of hydrogen-bond donors (Lipinski definition) is 2. The first-order valence-electron chi connectivity index (χ1n) is 5.49. The van der Waals surface area contributed by atoms with Crippen LogP contribution in [-0.2, 0) is 13.7 Å². The molecule has 0 radical (unpaired) electrons. The molecule has 2 amide bonds. The summed E-state index contributed by atoms with van der Waals surface area (Å²) in [5.41, 5.74) is 0.798. The molecule has 17 heavy (non-hydrogen) atoms. The van der Waals surface area contributed by atoms with Crippen LogP contribution in [0.2, 0.25) is 0 Å². The van der Waals surface area contributed by atoms with Crippen LogP contribution in [0.25, 0.3) is 0 Å². The van der Waals surface area contributed by atoms with Gasteiger partial charge >= 0.3 is 6.03 Å². The number of imidazole rings is 1. The van der Waals surface area contributed by atoms with Gasteiger partial charge in [-0.3, -0.25) is 0 Å². The van der Waals surface area contributed by atoms with Crippen LogP contribution >= 0.6 is 11.8 Å². The van der Waals surface area contributed by atoms with Gasteiger partial charge in [-0.15, -0.1) is 0 Å². The third-order valence-corrected chi connectivity index (χ3v) is 3.77. The number of nitrogens with one attached hydrogen (secondary N) is 1. The molecule has 0 saturated carbocycles. The number of aliphatic hydroxyl groups excluding tert-OH is 1. The average Bonchev–Trinajstić information content (AvgIpc) is 2.87. The SMILES string of the molecule is Cn1c(CO)cnc1SCCN1CCNC1=O. The van der Waals surface area contributed by atoms with Gasteiger partial charge in [-0.25, -0.2) is 9.78 Å². The lowest BCUT2D eigenvalue weighted by atomic mass is 10.5. The van der Waals surface area contributed by atoms with Crippen LogP contribution in [0, 0.1) is 0 Å². The van der Waals surface area contributed by atoms with E-state index < -0.39 is 0 Å². The van der Waals surface area contributed by atoms with Gasteiger partial charge in [-0.1, -0.05) is 11.8 Å². The number of carbonyl (C=O) groups excluding carboxylic acids is 1. The van der Waals surface area contributed by atoms with Gasteiger partial charge in [0.15, 0.2) is 5.16 Å². The zero-order valence-corrected chi connectivity index (χ0v) is 10.5. The summed E-state index contributed by atoms with van der Waals surface area (Å²) >= 11 is 1.59. The summed E-state index contributed by atoms with van der Waals surface area (Å²) in [6.45, 7) is 2.23. The number of rotatable bonds is 5. The second-order valence-electron chi connectivity index (χ2n) is 3.82. The van der Waals surface area contributed by atoms with Crippen LogP contribution in [0.5, 0.6) is 0 Å². The Labute approximate surface area is 104 Å². The number of carbonyl (C=O) groups is 1. The fraction of sp³-hybridized carbons (Fsp3) is 0.600. The first kappa shape index (κ1) is 12.3. The highest BCUT2D eigenvalue weighted by atomic mass is 32.2. The van der Waals surface area contributed by atoms with Gasteiger partial charge in [0.2, 0.25) is 0 Å². The van der Waals surface area contributed by atoms with Crippen molar-refractivity contribution in [2.75, 3.05) is 25.4 Å². The molecular formula is C10H16N4O2S. The lowest BCUT2D eigenvalue weighted by Crippen LogP contribution is -2.30. The zero-order valence-electron chi connectivity index (χ0n) is 9.72. The van der Waals surface area contributed by atoms with Gasteiger partial charge in [0.05, 0.1) is 18.5 Å². The summed E-state index contributed by atoms with van der Waals surface area (Å²) in [5.74, 6) is 0.809. The molecule has 0 spiro atoms. The summed E-state index contributed by atoms with van der Waals surface area (Å²) in [4.78, 5) is 17.3. The smallest absolute Gasteiger partial charge is 0.317 e. The van der Waals surface area contributed by atoms with Gasteiger partial charge in [-0.05, 0) is 0 Å². The molecule has 1 aliphatic heterocycles. The van der Waals surface area contributed by atoms with Crippen molar-refractivity contribution in [3.63, 3.8) is 0 Å². The Kier molecular flexibility index (Phi) is 3.90. The highest BCUT2D eigenvalue weighted by Gasteiger charge is 2.18. The zero-order chi connectivity index (χ0) is 12.3. The second kappa shape index (κ2) is 5.42. The molecule has 1 aliphatic rings. The van der Waals surface area contributed by atoms with Crippen molar-refractivity contribution in [2.45, 2.75) is 11.8 Å². The van der Waals surface area contributed by atoms with E-state index in [9.17, 15) is 4.79 Å². The van der Waals surface area contributed by atoms with Crippen LogP contribution in [0.15, 0.2) is 11.4 Å². The molecule has 2 heterocycles. The molecule has 0 aromatic carbocycles. The predicted octanol–water partition coefficient (Wildman–Crippen LogP) is 0.0297. The standard InChI is InChI=1S/C10H16N4O2S/c1-13-8(7-15)6-12-10(13)17-5-4-14-3-2-11-9(14)16/h6,15H,2-5,7H2,1H3,(H,11,16). The van der Waals surface area contributed by atoms with Crippen molar-refractivity contribution >= 4 is 17.8 Å². The van der Waals surface area contributed by atoms with Gasteiger partial charge in [0, 0.05) is 32.4 Å². The van der Waals surface area contributed by atoms with Gasteiger partial charge in [0.25, 0.3) is 0 Å². The van der Waals surface area contributed by atoms with E-state index in [4.69, 9.17) is 5.11 Å². The van der Waals surface area contributed by atoms with Crippen molar-refractivity contribution in [3.05, 3.63) is 11.9 Å². The minimum absolute atomic E-state index is 0.00140. The molecule has 2 N–H and O–H groups in total. The molecule has 1 saturated heterocycles. The van der Waals surface area contributed by atoms with Crippen LogP contribution in [0.1, 0.15) is 5.69 Å². The molecule has 1 fully saturated rings. The van der Waals surface area contributed by atoms with E-state index >= 15 is 0 Å². The number of aromatic nitrogens is 2. The fourth-order valence-electron chi connectivity index (χ4n) is 1.68. The van der Waals surface area contributed by atoms with Crippen molar-refractivity contribution in [1.29, 1.82) is 0 Å². The van der Waals surface area contributed by atoms with E-state index in [2.05, 4.69) is 10.3 Å². The summed E-state index contributed by atoms with van der Waals surface area (Å²) in [6.07, 6.45) is 1.67. The summed E-state index contributed by atoms with van der Waals surface area (Å²) < 4.78 is 1.87. The minimum Gasteiger partial charge on any atom is -0.390 e. The van der Waals surface area contributed by atoms with E-state index in [1.54, 1.807) is 22.9 Å². The van der Waals surface area contributed by atoms with Crippen molar-refractivity contribution in [2.24, 2.45) is 7.05 Å². The average molecular weight is 256 g/mol. The summed E-state index contributed by atoms with van der Waals surface area (Å²) in [7, 11) is 1.88. The molecule has 0 atom stereocenters. The van der Waals surface area contributed by atoms with Crippen LogP contribution < -0.4 is 5.32 Å².